The lowest BCUT2D eigenvalue weighted by molar-refractivity contribution is -0.140. The molecular weight excluding hydrogens is 228 g/mol. The van der Waals surface area contributed by atoms with Crippen molar-refractivity contribution in [3.8, 4) is 0 Å². The van der Waals surface area contributed by atoms with Crippen molar-refractivity contribution in [3.05, 3.63) is 23.9 Å². The van der Waals surface area contributed by atoms with Crippen molar-refractivity contribution in [2.45, 2.75) is 27.7 Å². The van der Waals surface area contributed by atoms with Crippen LogP contribution in [0.3, 0.4) is 0 Å². The van der Waals surface area contributed by atoms with Gasteiger partial charge in [-0.2, -0.15) is 0 Å². The van der Waals surface area contributed by atoms with E-state index in [9.17, 15) is 4.79 Å². The van der Waals surface area contributed by atoms with E-state index in [1.807, 2.05) is 19.1 Å². The van der Waals surface area contributed by atoms with E-state index in [1.165, 1.54) is 0 Å². The monoisotopic (exact) mass is 250 g/mol. The second kappa shape index (κ2) is 6.38. The second-order valence-corrected chi connectivity index (χ2v) is 5.18. The number of carboxylic acids is 1. The van der Waals surface area contributed by atoms with Crippen LogP contribution in [0.25, 0.3) is 0 Å². The summed E-state index contributed by atoms with van der Waals surface area (Å²) in [5.74, 6) is 0.189. The molecule has 0 radical (unpaired) electrons. The number of aliphatic carboxylic acids is 1. The number of hydrogen-bond donors (Lipinski definition) is 1. The molecule has 18 heavy (non-hydrogen) atoms. The minimum absolute atomic E-state index is 0.398. The molecule has 0 amide bonds. The predicted molar refractivity (Wildman–Crippen MR) is 72.8 cm³/mol. The lowest BCUT2D eigenvalue weighted by Gasteiger charge is -2.28. The number of rotatable bonds is 6. The highest BCUT2D eigenvalue weighted by Crippen LogP contribution is 2.19. The number of carboxylic acid groups (broad SMARTS) is 1. The summed E-state index contributed by atoms with van der Waals surface area (Å²) < 4.78 is 0. The van der Waals surface area contributed by atoms with Crippen LogP contribution in [0.15, 0.2) is 18.3 Å². The Kier molecular flexibility index (Phi) is 5.13. The molecule has 1 unspecified atom stereocenters. The first-order valence-corrected chi connectivity index (χ1v) is 6.31. The van der Waals surface area contributed by atoms with E-state index in [0.717, 1.165) is 17.9 Å². The zero-order valence-corrected chi connectivity index (χ0v) is 11.6. The minimum atomic E-state index is -0.766. The normalized spacial score (nSPS) is 12.5. The van der Waals surface area contributed by atoms with Crippen LogP contribution in [-0.4, -0.2) is 29.1 Å². The molecule has 0 saturated heterocycles. The van der Waals surface area contributed by atoms with E-state index in [2.05, 4.69) is 23.7 Å². The summed E-state index contributed by atoms with van der Waals surface area (Å²) in [5.41, 5.74) is 1.08. The number of carbonyl (C=O) groups is 1. The highest BCUT2D eigenvalue weighted by atomic mass is 16.4. The average molecular weight is 250 g/mol. The summed E-state index contributed by atoms with van der Waals surface area (Å²) in [6.07, 6.45) is 1.75. The molecule has 100 valence electrons. The van der Waals surface area contributed by atoms with Gasteiger partial charge >= 0.3 is 5.97 Å². The fraction of sp³-hybridized carbons (Fsp3) is 0.571. The molecule has 0 saturated carbocycles. The van der Waals surface area contributed by atoms with Gasteiger partial charge in [-0.25, -0.2) is 4.98 Å². The van der Waals surface area contributed by atoms with Crippen molar-refractivity contribution in [3.63, 3.8) is 0 Å². The highest BCUT2D eigenvalue weighted by molar-refractivity contribution is 5.70. The summed E-state index contributed by atoms with van der Waals surface area (Å²) in [7, 11) is 0. The Labute approximate surface area is 109 Å². The van der Waals surface area contributed by atoms with E-state index in [0.29, 0.717) is 12.5 Å². The number of aromatic nitrogens is 1. The van der Waals surface area contributed by atoms with Crippen molar-refractivity contribution in [2.24, 2.45) is 11.8 Å². The van der Waals surface area contributed by atoms with Crippen LogP contribution in [0.5, 0.6) is 0 Å². The first-order chi connectivity index (χ1) is 8.41. The molecule has 1 aromatic rings. The van der Waals surface area contributed by atoms with Crippen LogP contribution in [0.2, 0.25) is 0 Å². The van der Waals surface area contributed by atoms with E-state index < -0.39 is 11.9 Å². The Bertz CT molecular complexity index is 405. The van der Waals surface area contributed by atoms with Gasteiger partial charge in [-0.15, -0.1) is 0 Å². The summed E-state index contributed by atoms with van der Waals surface area (Å²) in [5, 5.41) is 9.03. The molecular formula is C14H22N2O2. The van der Waals surface area contributed by atoms with Crippen molar-refractivity contribution in [1.82, 2.24) is 4.98 Å². The molecule has 1 atom stereocenters. The largest absolute Gasteiger partial charge is 0.481 e. The molecule has 0 spiro atoms. The first kappa shape index (κ1) is 14.5. The number of nitrogens with zero attached hydrogens (tertiary/aromatic N) is 2. The van der Waals surface area contributed by atoms with Crippen molar-refractivity contribution in [1.29, 1.82) is 0 Å². The lowest BCUT2D eigenvalue weighted by atomic mass is 10.1. The molecule has 0 fully saturated rings. The van der Waals surface area contributed by atoms with Crippen LogP contribution in [0.1, 0.15) is 26.3 Å². The third-order valence-corrected chi connectivity index (χ3v) is 2.78. The zero-order chi connectivity index (χ0) is 13.7. The third kappa shape index (κ3) is 4.02. The van der Waals surface area contributed by atoms with Crippen LogP contribution >= 0.6 is 0 Å². The standard InChI is InChI=1S/C14H22N2O2/c1-10(2)8-16(9-12(4)14(17)18)13-11(3)6-5-7-15-13/h5-7,10,12H,8-9H2,1-4H3,(H,17,18). The summed E-state index contributed by atoms with van der Waals surface area (Å²) in [6, 6.07) is 3.90. The van der Waals surface area contributed by atoms with Gasteiger partial charge in [0, 0.05) is 19.3 Å². The SMILES string of the molecule is Cc1cccnc1N(CC(C)C)CC(C)C(=O)O. The van der Waals surface area contributed by atoms with Crippen molar-refractivity contribution < 1.29 is 9.90 Å². The predicted octanol–water partition coefficient (Wildman–Crippen LogP) is 2.57. The van der Waals surface area contributed by atoms with Crippen LogP contribution in [0, 0.1) is 18.8 Å². The van der Waals surface area contributed by atoms with Gasteiger partial charge in [0.25, 0.3) is 0 Å². The minimum Gasteiger partial charge on any atom is -0.481 e. The van der Waals surface area contributed by atoms with Crippen molar-refractivity contribution >= 4 is 11.8 Å². The smallest absolute Gasteiger partial charge is 0.308 e. The van der Waals surface area contributed by atoms with E-state index in [4.69, 9.17) is 5.11 Å². The number of pyridine rings is 1. The number of anilines is 1. The van der Waals surface area contributed by atoms with E-state index in [1.54, 1.807) is 13.1 Å². The molecule has 1 rings (SSSR count). The van der Waals surface area contributed by atoms with Crippen LogP contribution < -0.4 is 4.90 Å². The fourth-order valence-electron chi connectivity index (χ4n) is 1.91. The first-order valence-electron chi connectivity index (χ1n) is 6.31. The third-order valence-electron chi connectivity index (χ3n) is 2.78. The average Bonchev–Trinajstić information content (AvgIpc) is 2.28. The van der Waals surface area contributed by atoms with Gasteiger partial charge in [0.1, 0.15) is 5.82 Å². The van der Waals surface area contributed by atoms with E-state index in [-0.39, 0.29) is 0 Å². The van der Waals surface area contributed by atoms with Gasteiger partial charge < -0.3 is 10.0 Å². The Balaban J connectivity index is 2.91. The molecule has 0 aliphatic heterocycles. The molecule has 1 N–H and O–H groups in total. The van der Waals surface area contributed by atoms with Crippen LogP contribution in [-0.2, 0) is 4.79 Å². The van der Waals surface area contributed by atoms with Gasteiger partial charge in [0.2, 0.25) is 0 Å². The molecule has 0 bridgehead atoms. The maximum atomic E-state index is 11.0. The summed E-state index contributed by atoms with van der Waals surface area (Å²) >= 11 is 0. The molecule has 0 aliphatic carbocycles. The van der Waals surface area contributed by atoms with Gasteiger partial charge in [-0.3, -0.25) is 4.79 Å². The molecule has 4 heteroatoms. The van der Waals surface area contributed by atoms with Gasteiger partial charge in [0.15, 0.2) is 0 Å². The lowest BCUT2D eigenvalue weighted by Crippen LogP contribution is -2.35. The topological polar surface area (TPSA) is 53.4 Å². The summed E-state index contributed by atoms with van der Waals surface area (Å²) in [4.78, 5) is 17.4. The number of aryl methyl sites for hydroxylation is 1. The van der Waals surface area contributed by atoms with Crippen LogP contribution in [0.4, 0.5) is 5.82 Å². The Morgan fingerprint density at radius 2 is 2.06 bits per heavy atom. The summed E-state index contributed by atoms with van der Waals surface area (Å²) in [6.45, 7) is 9.28. The number of hydrogen-bond acceptors (Lipinski definition) is 3. The molecule has 1 heterocycles. The Morgan fingerprint density at radius 1 is 1.39 bits per heavy atom. The maximum absolute atomic E-state index is 11.0. The van der Waals surface area contributed by atoms with Gasteiger partial charge in [-0.05, 0) is 24.5 Å². The second-order valence-electron chi connectivity index (χ2n) is 5.18. The Hall–Kier alpha value is -1.58. The van der Waals surface area contributed by atoms with Crippen molar-refractivity contribution in [2.75, 3.05) is 18.0 Å². The molecule has 1 aromatic heterocycles. The fourth-order valence-corrected chi connectivity index (χ4v) is 1.91. The quantitative estimate of drug-likeness (QED) is 0.843. The zero-order valence-electron chi connectivity index (χ0n) is 11.6. The molecule has 4 nitrogen and oxygen atoms in total. The van der Waals surface area contributed by atoms with Gasteiger partial charge in [-0.1, -0.05) is 26.8 Å². The maximum Gasteiger partial charge on any atom is 0.308 e. The highest BCUT2D eigenvalue weighted by Gasteiger charge is 2.19. The Morgan fingerprint density at radius 3 is 2.56 bits per heavy atom. The molecule has 0 aliphatic rings. The molecule has 0 aromatic carbocycles. The van der Waals surface area contributed by atoms with Gasteiger partial charge in [0.05, 0.1) is 5.92 Å². The van der Waals surface area contributed by atoms with E-state index >= 15 is 0 Å².